The van der Waals surface area contributed by atoms with Crippen molar-refractivity contribution in [1.29, 1.82) is 0 Å². The average molecular weight is 298 g/mol. The molecule has 0 spiro atoms. The van der Waals surface area contributed by atoms with E-state index in [2.05, 4.69) is 9.47 Å². The third-order valence-corrected chi connectivity index (χ3v) is 2.95. The number of hydrogen-bond acceptors (Lipinski definition) is 4. The van der Waals surface area contributed by atoms with Gasteiger partial charge >= 0.3 is 18.1 Å². The van der Waals surface area contributed by atoms with Crippen LogP contribution >= 0.6 is 0 Å². The first kappa shape index (κ1) is 18.7. The van der Waals surface area contributed by atoms with Crippen LogP contribution in [-0.4, -0.2) is 31.3 Å². The topological polar surface area (TPSA) is 52.6 Å². The minimum atomic E-state index is -4.59. The van der Waals surface area contributed by atoms with Gasteiger partial charge in [0.25, 0.3) is 0 Å². The molecular weight excluding hydrogens is 277 g/mol. The van der Waals surface area contributed by atoms with Crippen LogP contribution in [0.15, 0.2) is 0 Å². The number of carbonyl (C=O) groups is 2. The van der Waals surface area contributed by atoms with E-state index in [9.17, 15) is 22.8 Å². The maximum Gasteiger partial charge on any atom is 0.422 e. The van der Waals surface area contributed by atoms with Crippen LogP contribution in [0.5, 0.6) is 0 Å². The highest BCUT2D eigenvalue weighted by atomic mass is 19.4. The van der Waals surface area contributed by atoms with Gasteiger partial charge in [0.15, 0.2) is 13.2 Å². The summed E-state index contributed by atoms with van der Waals surface area (Å²) in [5.74, 6) is -2.26. The minimum absolute atomic E-state index is 0.0464. The Hall–Kier alpha value is -1.27. The van der Waals surface area contributed by atoms with Gasteiger partial charge in [0, 0.05) is 0 Å². The fraction of sp³-hybridized carbons (Fsp3) is 0.846. The van der Waals surface area contributed by atoms with Crippen LogP contribution in [0, 0.1) is 11.3 Å². The van der Waals surface area contributed by atoms with Crippen LogP contribution in [0.4, 0.5) is 13.2 Å². The highest BCUT2D eigenvalue weighted by Gasteiger charge is 2.30. The van der Waals surface area contributed by atoms with Crippen molar-refractivity contribution in [3.63, 3.8) is 0 Å². The van der Waals surface area contributed by atoms with Gasteiger partial charge in [-0.25, -0.2) is 4.79 Å². The van der Waals surface area contributed by atoms with Gasteiger partial charge in [0.05, 0.1) is 5.92 Å². The lowest BCUT2D eigenvalue weighted by molar-refractivity contribution is -0.190. The number of ether oxygens (including phenoxy) is 2. The summed E-state index contributed by atoms with van der Waals surface area (Å²) in [4.78, 5) is 22.5. The van der Waals surface area contributed by atoms with Crippen LogP contribution in [0.2, 0.25) is 0 Å². The second kappa shape index (κ2) is 7.50. The quantitative estimate of drug-likeness (QED) is 0.678. The summed E-state index contributed by atoms with van der Waals surface area (Å²) in [7, 11) is 0. The molecule has 20 heavy (non-hydrogen) atoms. The molecule has 4 nitrogen and oxygen atoms in total. The molecule has 0 bridgehead atoms. The van der Waals surface area contributed by atoms with E-state index in [-0.39, 0.29) is 5.41 Å². The standard InChI is InChI=1S/C13H21F3O4/c1-5-12(3,4)6-9(2)11(18)19-7-10(17)20-8-13(14,15)16/h9H,5-8H2,1-4H3. The summed E-state index contributed by atoms with van der Waals surface area (Å²) in [6.45, 7) is 5.16. The van der Waals surface area contributed by atoms with E-state index in [0.717, 1.165) is 6.42 Å². The van der Waals surface area contributed by atoms with E-state index in [1.807, 2.05) is 20.8 Å². The van der Waals surface area contributed by atoms with Gasteiger partial charge in [-0.15, -0.1) is 0 Å². The van der Waals surface area contributed by atoms with Gasteiger partial charge in [0.2, 0.25) is 0 Å². The van der Waals surface area contributed by atoms with Crippen LogP contribution in [-0.2, 0) is 19.1 Å². The van der Waals surface area contributed by atoms with E-state index in [4.69, 9.17) is 0 Å². The second-order valence-corrected chi connectivity index (χ2v) is 5.51. The van der Waals surface area contributed by atoms with E-state index in [1.165, 1.54) is 0 Å². The monoisotopic (exact) mass is 298 g/mol. The van der Waals surface area contributed by atoms with Gasteiger partial charge < -0.3 is 9.47 Å². The maximum atomic E-state index is 11.8. The van der Waals surface area contributed by atoms with E-state index < -0.39 is 37.2 Å². The van der Waals surface area contributed by atoms with Crippen molar-refractivity contribution >= 4 is 11.9 Å². The van der Waals surface area contributed by atoms with E-state index in [0.29, 0.717) is 6.42 Å². The molecule has 0 saturated heterocycles. The van der Waals surface area contributed by atoms with Crippen molar-refractivity contribution in [2.45, 2.75) is 46.7 Å². The molecule has 0 saturated carbocycles. The zero-order valence-electron chi connectivity index (χ0n) is 12.2. The third-order valence-electron chi connectivity index (χ3n) is 2.95. The van der Waals surface area contributed by atoms with Crippen LogP contribution in [0.25, 0.3) is 0 Å². The fourth-order valence-corrected chi connectivity index (χ4v) is 1.53. The van der Waals surface area contributed by atoms with Crippen LogP contribution in [0.3, 0.4) is 0 Å². The molecular formula is C13H21F3O4. The van der Waals surface area contributed by atoms with Crippen LogP contribution < -0.4 is 0 Å². The molecule has 0 fully saturated rings. The molecule has 0 aromatic rings. The Morgan fingerprint density at radius 1 is 1.15 bits per heavy atom. The SMILES string of the molecule is CCC(C)(C)CC(C)C(=O)OCC(=O)OCC(F)(F)F. The number of halogens is 3. The summed E-state index contributed by atoms with van der Waals surface area (Å²) in [5.41, 5.74) is -0.0464. The molecule has 0 amide bonds. The Kier molecular flexibility index (Phi) is 7.02. The lowest BCUT2D eigenvalue weighted by atomic mass is 9.81. The molecule has 0 aliphatic carbocycles. The van der Waals surface area contributed by atoms with Crippen molar-refractivity contribution in [3.05, 3.63) is 0 Å². The van der Waals surface area contributed by atoms with Gasteiger partial charge in [0.1, 0.15) is 0 Å². The summed E-state index contributed by atoms with van der Waals surface area (Å²) in [5, 5.41) is 0. The molecule has 1 unspecified atom stereocenters. The minimum Gasteiger partial charge on any atom is -0.454 e. The molecule has 0 N–H and O–H groups in total. The molecule has 0 aliphatic rings. The summed E-state index contributed by atoms with van der Waals surface area (Å²) < 4.78 is 43.9. The Balaban J connectivity index is 4.07. The Morgan fingerprint density at radius 2 is 1.70 bits per heavy atom. The Bertz CT molecular complexity index is 337. The summed E-state index contributed by atoms with van der Waals surface area (Å²) in [6.07, 6.45) is -3.14. The third kappa shape index (κ3) is 8.77. The molecule has 7 heteroatoms. The Morgan fingerprint density at radius 3 is 2.15 bits per heavy atom. The predicted molar refractivity (Wildman–Crippen MR) is 65.8 cm³/mol. The van der Waals surface area contributed by atoms with Crippen molar-refractivity contribution in [2.24, 2.45) is 11.3 Å². The molecule has 118 valence electrons. The number of rotatable bonds is 7. The lowest BCUT2D eigenvalue weighted by Gasteiger charge is -2.25. The second-order valence-electron chi connectivity index (χ2n) is 5.51. The molecule has 0 aromatic carbocycles. The average Bonchev–Trinajstić information content (AvgIpc) is 2.31. The summed E-state index contributed by atoms with van der Waals surface area (Å²) >= 11 is 0. The predicted octanol–water partition coefficient (Wildman–Crippen LogP) is 3.10. The lowest BCUT2D eigenvalue weighted by Crippen LogP contribution is -2.27. The zero-order chi connectivity index (χ0) is 16.0. The van der Waals surface area contributed by atoms with Crippen molar-refractivity contribution in [1.82, 2.24) is 0 Å². The molecule has 0 radical (unpaired) electrons. The molecule has 0 rings (SSSR count). The number of alkyl halides is 3. The number of carbonyl (C=O) groups excluding carboxylic acids is 2. The molecule has 1 atom stereocenters. The zero-order valence-corrected chi connectivity index (χ0v) is 12.2. The summed E-state index contributed by atoms with van der Waals surface area (Å²) in [6, 6.07) is 0. The van der Waals surface area contributed by atoms with E-state index in [1.54, 1.807) is 6.92 Å². The smallest absolute Gasteiger partial charge is 0.422 e. The number of esters is 2. The number of hydrogen-bond donors (Lipinski definition) is 0. The first-order chi connectivity index (χ1) is 8.97. The molecule has 0 aliphatic heterocycles. The first-order valence-electron chi connectivity index (χ1n) is 6.36. The largest absolute Gasteiger partial charge is 0.454 e. The van der Waals surface area contributed by atoms with Gasteiger partial charge in [-0.2, -0.15) is 13.2 Å². The van der Waals surface area contributed by atoms with Crippen molar-refractivity contribution < 1.29 is 32.2 Å². The Labute approximate surface area is 116 Å². The normalized spacial score (nSPS) is 13.8. The van der Waals surface area contributed by atoms with E-state index >= 15 is 0 Å². The maximum absolute atomic E-state index is 11.8. The highest BCUT2D eigenvalue weighted by Crippen LogP contribution is 2.29. The van der Waals surface area contributed by atoms with Gasteiger partial charge in [-0.1, -0.05) is 34.1 Å². The van der Waals surface area contributed by atoms with Crippen molar-refractivity contribution in [3.8, 4) is 0 Å². The first-order valence-corrected chi connectivity index (χ1v) is 6.36. The molecule has 0 aromatic heterocycles. The van der Waals surface area contributed by atoms with Gasteiger partial charge in [-0.05, 0) is 11.8 Å². The van der Waals surface area contributed by atoms with Gasteiger partial charge in [-0.3, -0.25) is 4.79 Å². The van der Waals surface area contributed by atoms with Crippen molar-refractivity contribution in [2.75, 3.05) is 13.2 Å². The highest BCUT2D eigenvalue weighted by molar-refractivity contribution is 5.77. The fourth-order valence-electron chi connectivity index (χ4n) is 1.53. The molecule has 0 heterocycles. The van der Waals surface area contributed by atoms with Crippen LogP contribution in [0.1, 0.15) is 40.5 Å².